The molecule has 0 saturated carbocycles. The van der Waals surface area contributed by atoms with Crippen LogP contribution in [0.25, 0.3) is 0 Å². The van der Waals surface area contributed by atoms with Crippen LogP contribution in [0.2, 0.25) is 0 Å². The summed E-state index contributed by atoms with van der Waals surface area (Å²) in [7, 11) is 0. The number of aliphatic hydroxyl groups is 1. The summed E-state index contributed by atoms with van der Waals surface area (Å²) in [6.45, 7) is 1.81. The first-order valence-corrected chi connectivity index (χ1v) is 7.83. The number of hydrogen-bond acceptors (Lipinski definition) is 5. The highest BCUT2D eigenvalue weighted by atomic mass is 16.7. The molecule has 5 rings (SSSR count). The van der Waals surface area contributed by atoms with Gasteiger partial charge in [0.1, 0.15) is 5.84 Å². The lowest BCUT2D eigenvalue weighted by molar-refractivity contribution is -0.0319. The molecule has 2 aromatic carbocycles. The van der Waals surface area contributed by atoms with Crippen molar-refractivity contribution >= 4 is 5.84 Å². The molecule has 0 amide bonds. The van der Waals surface area contributed by atoms with E-state index in [0.717, 1.165) is 47.8 Å². The Morgan fingerprint density at radius 1 is 1.09 bits per heavy atom. The lowest BCUT2D eigenvalue weighted by Gasteiger charge is -2.37. The zero-order valence-corrected chi connectivity index (χ0v) is 12.5. The van der Waals surface area contributed by atoms with Crippen molar-refractivity contribution in [2.24, 2.45) is 4.99 Å². The summed E-state index contributed by atoms with van der Waals surface area (Å²) >= 11 is 0. The highest BCUT2D eigenvalue weighted by molar-refractivity contribution is 6.04. The summed E-state index contributed by atoms with van der Waals surface area (Å²) in [5.41, 5.74) is 1.45. The number of amidine groups is 1. The van der Waals surface area contributed by atoms with E-state index in [9.17, 15) is 5.11 Å². The maximum atomic E-state index is 11.7. The second-order valence-corrected chi connectivity index (χ2v) is 6.00. The molecule has 0 fully saturated rings. The Morgan fingerprint density at radius 2 is 1.96 bits per heavy atom. The van der Waals surface area contributed by atoms with Crippen LogP contribution in [0.5, 0.6) is 11.5 Å². The fraction of sp³-hybridized carbons (Fsp3) is 0.278. The van der Waals surface area contributed by atoms with E-state index >= 15 is 0 Å². The monoisotopic (exact) mass is 308 g/mol. The number of nitrogens with zero attached hydrogens (tertiary/aromatic N) is 2. The number of rotatable bonds is 1. The average Bonchev–Trinajstić information content (AvgIpc) is 3.17. The maximum Gasteiger partial charge on any atom is 0.231 e. The van der Waals surface area contributed by atoms with E-state index in [1.54, 1.807) is 0 Å². The summed E-state index contributed by atoms with van der Waals surface area (Å²) < 4.78 is 10.9. The van der Waals surface area contributed by atoms with Gasteiger partial charge >= 0.3 is 0 Å². The van der Waals surface area contributed by atoms with E-state index in [2.05, 4.69) is 4.99 Å². The van der Waals surface area contributed by atoms with Gasteiger partial charge in [0.2, 0.25) is 6.79 Å². The van der Waals surface area contributed by atoms with E-state index in [-0.39, 0.29) is 6.79 Å². The normalized spacial score (nSPS) is 24.2. The molecule has 0 aliphatic carbocycles. The molecule has 3 heterocycles. The molecule has 1 atom stereocenters. The van der Waals surface area contributed by atoms with Crippen LogP contribution in [0.1, 0.15) is 23.1 Å². The van der Waals surface area contributed by atoms with Crippen molar-refractivity contribution < 1.29 is 14.6 Å². The Morgan fingerprint density at radius 3 is 2.91 bits per heavy atom. The molecule has 0 saturated heterocycles. The van der Waals surface area contributed by atoms with Gasteiger partial charge in [-0.15, -0.1) is 0 Å². The summed E-state index contributed by atoms with van der Waals surface area (Å²) in [6, 6.07) is 13.6. The standard InChI is InChI=1S/C18H16N2O3/c21-18(12-6-7-15-16(10-12)23-11-22-15)14-5-2-1-4-13(14)17-19-8-3-9-20(17)18/h1-2,4-7,10,21H,3,8-9,11H2/t18-/m0/s1. The Labute approximate surface area is 133 Å². The molecule has 2 aromatic rings. The van der Waals surface area contributed by atoms with E-state index < -0.39 is 5.72 Å². The third-order valence-electron chi connectivity index (χ3n) is 4.77. The molecular weight excluding hydrogens is 292 g/mol. The highest BCUT2D eigenvalue weighted by Gasteiger charge is 2.49. The topological polar surface area (TPSA) is 54.3 Å². The SMILES string of the molecule is O[C@@]1(c2ccc3c(c2)OCO3)c2ccccc2C2=NCCCN21. The van der Waals surface area contributed by atoms with Crippen molar-refractivity contribution in [3.05, 3.63) is 59.2 Å². The lowest BCUT2D eigenvalue weighted by Crippen LogP contribution is -2.47. The second-order valence-electron chi connectivity index (χ2n) is 6.00. The molecule has 5 nitrogen and oxygen atoms in total. The van der Waals surface area contributed by atoms with Crippen LogP contribution in [-0.4, -0.2) is 35.7 Å². The van der Waals surface area contributed by atoms with Crippen molar-refractivity contribution in [1.29, 1.82) is 0 Å². The van der Waals surface area contributed by atoms with Gasteiger partial charge in [-0.3, -0.25) is 4.99 Å². The zero-order chi connectivity index (χ0) is 15.4. The average molecular weight is 308 g/mol. The lowest BCUT2D eigenvalue weighted by atomic mass is 9.93. The summed E-state index contributed by atoms with van der Waals surface area (Å²) in [4.78, 5) is 6.65. The first kappa shape index (κ1) is 13.0. The van der Waals surface area contributed by atoms with Crippen LogP contribution >= 0.6 is 0 Å². The molecule has 0 aromatic heterocycles. The number of benzene rings is 2. The molecular formula is C18H16N2O3. The molecule has 5 heteroatoms. The van der Waals surface area contributed by atoms with Gasteiger partial charge in [0.25, 0.3) is 0 Å². The fourth-order valence-electron chi connectivity index (χ4n) is 3.70. The first-order chi connectivity index (χ1) is 11.3. The minimum atomic E-state index is -1.21. The quantitative estimate of drug-likeness (QED) is 0.876. The van der Waals surface area contributed by atoms with Crippen molar-refractivity contribution in [3.8, 4) is 11.5 Å². The van der Waals surface area contributed by atoms with Gasteiger partial charge in [-0.2, -0.15) is 0 Å². The van der Waals surface area contributed by atoms with Gasteiger partial charge in [0, 0.05) is 29.8 Å². The number of aliphatic imine (C=N–C) groups is 1. The highest BCUT2D eigenvalue weighted by Crippen LogP contribution is 2.46. The van der Waals surface area contributed by atoms with Crippen LogP contribution in [0.3, 0.4) is 0 Å². The third kappa shape index (κ3) is 1.63. The number of hydrogen-bond donors (Lipinski definition) is 1. The summed E-state index contributed by atoms with van der Waals surface area (Å²) in [5.74, 6) is 2.28. The third-order valence-corrected chi connectivity index (χ3v) is 4.77. The summed E-state index contributed by atoms with van der Waals surface area (Å²) in [6.07, 6.45) is 0.935. The number of fused-ring (bicyclic) bond motifs is 4. The van der Waals surface area contributed by atoms with Crippen molar-refractivity contribution in [1.82, 2.24) is 4.90 Å². The van der Waals surface area contributed by atoms with Crippen LogP contribution in [-0.2, 0) is 5.72 Å². The van der Waals surface area contributed by atoms with Gasteiger partial charge in [0.05, 0.1) is 0 Å². The Kier molecular flexibility index (Phi) is 2.53. The maximum absolute atomic E-state index is 11.7. The zero-order valence-electron chi connectivity index (χ0n) is 12.5. The van der Waals surface area contributed by atoms with Crippen LogP contribution < -0.4 is 9.47 Å². The largest absolute Gasteiger partial charge is 0.454 e. The van der Waals surface area contributed by atoms with Crippen LogP contribution in [0.4, 0.5) is 0 Å². The van der Waals surface area contributed by atoms with Gasteiger partial charge in [-0.05, 0) is 24.6 Å². The van der Waals surface area contributed by atoms with E-state index in [1.165, 1.54) is 0 Å². The fourth-order valence-corrected chi connectivity index (χ4v) is 3.70. The van der Waals surface area contributed by atoms with E-state index in [4.69, 9.17) is 9.47 Å². The molecule has 0 radical (unpaired) electrons. The smallest absolute Gasteiger partial charge is 0.231 e. The Balaban J connectivity index is 1.74. The second kappa shape index (κ2) is 4.49. The minimum Gasteiger partial charge on any atom is -0.454 e. The minimum absolute atomic E-state index is 0.226. The van der Waals surface area contributed by atoms with Crippen molar-refractivity contribution in [2.45, 2.75) is 12.1 Å². The van der Waals surface area contributed by atoms with Crippen LogP contribution in [0.15, 0.2) is 47.5 Å². The molecule has 23 heavy (non-hydrogen) atoms. The Bertz CT molecular complexity index is 833. The summed E-state index contributed by atoms with van der Waals surface area (Å²) in [5, 5.41) is 11.7. The molecule has 1 N–H and O–H groups in total. The first-order valence-electron chi connectivity index (χ1n) is 7.83. The molecule has 0 spiro atoms. The van der Waals surface area contributed by atoms with Gasteiger partial charge in [-0.25, -0.2) is 0 Å². The molecule has 3 aliphatic heterocycles. The van der Waals surface area contributed by atoms with Gasteiger partial charge in [0.15, 0.2) is 17.2 Å². The van der Waals surface area contributed by atoms with Crippen molar-refractivity contribution in [2.75, 3.05) is 19.9 Å². The molecule has 0 bridgehead atoms. The molecule has 3 aliphatic rings. The van der Waals surface area contributed by atoms with Crippen LogP contribution in [0, 0.1) is 0 Å². The van der Waals surface area contributed by atoms with Gasteiger partial charge < -0.3 is 19.5 Å². The van der Waals surface area contributed by atoms with Crippen molar-refractivity contribution in [3.63, 3.8) is 0 Å². The molecule has 116 valence electrons. The predicted octanol–water partition coefficient (Wildman–Crippen LogP) is 2.07. The number of ether oxygens (including phenoxy) is 2. The van der Waals surface area contributed by atoms with E-state index in [1.807, 2.05) is 47.4 Å². The van der Waals surface area contributed by atoms with E-state index in [0.29, 0.717) is 5.75 Å². The predicted molar refractivity (Wildman–Crippen MR) is 84.7 cm³/mol. The molecule has 0 unspecified atom stereocenters. The Hall–Kier alpha value is -2.53. The van der Waals surface area contributed by atoms with Gasteiger partial charge in [-0.1, -0.05) is 24.3 Å².